The number of ether oxygens (including phenoxy) is 1. The molecule has 24 heavy (non-hydrogen) atoms. The molecule has 0 saturated carbocycles. The van der Waals surface area contributed by atoms with Crippen molar-refractivity contribution in [1.29, 1.82) is 0 Å². The second-order valence-corrected chi connectivity index (χ2v) is 7.09. The van der Waals surface area contributed by atoms with E-state index >= 15 is 0 Å². The number of aromatic nitrogens is 1. The number of carbonyl (C=O) groups excluding carboxylic acids is 2. The zero-order valence-corrected chi connectivity index (χ0v) is 14.4. The number of amides is 3. The fourth-order valence-electron chi connectivity index (χ4n) is 2.48. The Morgan fingerprint density at radius 3 is 2.96 bits per heavy atom. The van der Waals surface area contributed by atoms with Crippen LogP contribution in [0.15, 0.2) is 18.2 Å². The van der Waals surface area contributed by atoms with Crippen LogP contribution in [0.25, 0.3) is 10.2 Å². The molecule has 1 aliphatic heterocycles. The molecule has 128 valence electrons. The predicted octanol–water partition coefficient (Wildman–Crippen LogP) is 2.14. The van der Waals surface area contributed by atoms with Gasteiger partial charge in [-0.1, -0.05) is 13.8 Å². The van der Waals surface area contributed by atoms with Crippen molar-refractivity contribution in [3.63, 3.8) is 0 Å². The molecule has 0 aliphatic carbocycles. The van der Waals surface area contributed by atoms with Crippen LogP contribution in [-0.2, 0) is 9.53 Å². The number of hydrogen-bond acceptors (Lipinski definition) is 5. The van der Waals surface area contributed by atoms with Crippen LogP contribution in [0.2, 0.25) is 0 Å². The molecule has 1 aliphatic rings. The second kappa shape index (κ2) is 6.74. The lowest BCUT2D eigenvalue weighted by Gasteiger charge is -2.31. The van der Waals surface area contributed by atoms with E-state index in [4.69, 9.17) is 10.5 Å². The fourth-order valence-corrected chi connectivity index (χ4v) is 3.48. The lowest BCUT2D eigenvalue weighted by atomic mass is 10.2. The van der Waals surface area contributed by atoms with Gasteiger partial charge in [0.1, 0.15) is 0 Å². The maximum absolute atomic E-state index is 12.4. The van der Waals surface area contributed by atoms with Gasteiger partial charge in [0, 0.05) is 18.2 Å². The number of carbonyl (C=O) groups is 2. The summed E-state index contributed by atoms with van der Waals surface area (Å²) in [7, 11) is 0. The van der Waals surface area contributed by atoms with Gasteiger partial charge in [0.25, 0.3) is 0 Å². The summed E-state index contributed by atoms with van der Waals surface area (Å²) in [5.74, 6) is -0.181. The Bertz CT molecular complexity index is 774. The summed E-state index contributed by atoms with van der Waals surface area (Å²) >= 11 is 1.63. The highest BCUT2D eigenvalue weighted by Gasteiger charge is 2.27. The minimum Gasteiger partial charge on any atom is -0.367 e. The highest BCUT2D eigenvalue weighted by Crippen LogP contribution is 2.29. The Morgan fingerprint density at radius 2 is 2.25 bits per heavy atom. The minimum absolute atomic E-state index is 0.168. The molecular formula is C16H20N4O3S. The first-order chi connectivity index (χ1) is 11.4. The molecule has 8 heteroatoms. The number of thiazole rings is 1. The van der Waals surface area contributed by atoms with Crippen molar-refractivity contribution in [3.05, 3.63) is 23.2 Å². The van der Waals surface area contributed by atoms with E-state index < -0.39 is 12.0 Å². The molecule has 1 atom stereocenters. The zero-order valence-electron chi connectivity index (χ0n) is 13.6. The molecule has 3 N–H and O–H groups in total. The smallest absolute Gasteiger partial charge is 0.322 e. The summed E-state index contributed by atoms with van der Waals surface area (Å²) in [4.78, 5) is 29.7. The normalized spacial score (nSPS) is 18.1. The van der Waals surface area contributed by atoms with Crippen molar-refractivity contribution in [2.24, 2.45) is 5.73 Å². The third-order valence-electron chi connectivity index (χ3n) is 3.82. The predicted molar refractivity (Wildman–Crippen MR) is 93.2 cm³/mol. The monoisotopic (exact) mass is 348 g/mol. The summed E-state index contributed by atoms with van der Waals surface area (Å²) in [5, 5.41) is 3.93. The van der Waals surface area contributed by atoms with Crippen LogP contribution >= 0.6 is 11.3 Å². The number of nitrogens with zero attached hydrogens (tertiary/aromatic N) is 2. The first-order valence-electron chi connectivity index (χ1n) is 7.81. The van der Waals surface area contributed by atoms with Gasteiger partial charge >= 0.3 is 6.03 Å². The minimum atomic E-state index is -0.748. The zero-order chi connectivity index (χ0) is 17.3. The maximum atomic E-state index is 12.4. The Kier molecular flexibility index (Phi) is 4.68. The highest BCUT2D eigenvalue weighted by molar-refractivity contribution is 7.18. The molecule has 3 rings (SSSR count). The van der Waals surface area contributed by atoms with E-state index in [1.807, 2.05) is 18.2 Å². The standard InChI is InChI=1S/C16H20N4O3S/c1-9(2)15-19-11-4-3-10(7-13(11)24-15)18-16(22)20-5-6-23-12(8-20)14(17)21/h3-4,7,9,12H,5-6,8H2,1-2H3,(H2,17,21)(H,18,22)/t12-/m0/s1. The summed E-state index contributed by atoms with van der Waals surface area (Å²) in [5.41, 5.74) is 6.88. The van der Waals surface area contributed by atoms with Gasteiger partial charge < -0.3 is 20.7 Å². The number of hydrogen-bond donors (Lipinski definition) is 2. The molecule has 2 heterocycles. The first kappa shape index (κ1) is 16.7. The van der Waals surface area contributed by atoms with Gasteiger partial charge in [0.2, 0.25) is 5.91 Å². The Balaban J connectivity index is 1.72. The van der Waals surface area contributed by atoms with Crippen molar-refractivity contribution in [1.82, 2.24) is 9.88 Å². The van der Waals surface area contributed by atoms with Gasteiger partial charge in [0.05, 0.1) is 28.4 Å². The highest BCUT2D eigenvalue weighted by atomic mass is 32.1. The Morgan fingerprint density at radius 1 is 1.46 bits per heavy atom. The van der Waals surface area contributed by atoms with Gasteiger partial charge in [-0.25, -0.2) is 9.78 Å². The molecule has 0 bridgehead atoms. The van der Waals surface area contributed by atoms with Crippen LogP contribution in [0.1, 0.15) is 24.8 Å². The van der Waals surface area contributed by atoms with Crippen molar-refractivity contribution in [3.8, 4) is 0 Å². The summed E-state index contributed by atoms with van der Waals surface area (Å²) in [6.45, 7) is 5.10. The lowest BCUT2D eigenvalue weighted by molar-refractivity contribution is -0.133. The van der Waals surface area contributed by atoms with Crippen LogP contribution in [0.3, 0.4) is 0 Å². The van der Waals surface area contributed by atoms with Crippen LogP contribution < -0.4 is 11.1 Å². The van der Waals surface area contributed by atoms with E-state index in [0.717, 1.165) is 15.2 Å². The van der Waals surface area contributed by atoms with E-state index in [-0.39, 0.29) is 12.6 Å². The molecule has 1 aromatic heterocycles. The quantitative estimate of drug-likeness (QED) is 0.888. The molecule has 1 saturated heterocycles. The number of nitrogens with two attached hydrogens (primary N) is 1. The molecule has 2 aromatic rings. The summed E-state index contributed by atoms with van der Waals surface area (Å²) < 4.78 is 6.29. The van der Waals surface area contributed by atoms with Crippen LogP contribution in [-0.4, -0.2) is 47.6 Å². The number of fused-ring (bicyclic) bond motifs is 1. The average molecular weight is 348 g/mol. The molecule has 0 spiro atoms. The number of rotatable bonds is 3. The van der Waals surface area contributed by atoms with Crippen molar-refractivity contribution in [2.45, 2.75) is 25.9 Å². The molecular weight excluding hydrogens is 328 g/mol. The van der Waals surface area contributed by atoms with Crippen molar-refractivity contribution < 1.29 is 14.3 Å². The second-order valence-electron chi connectivity index (χ2n) is 6.03. The molecule has 1 fully saturated rings. The molecule has 3 amide bonds. The maximum Gasteiger partial charge on any atom is 0.322 e. The van der Waals surface area contributed by atoms with E-state index in [1.165, 1.54) is 4.90 Å². The van der Waals surface area contributed by atoms with Crippen molar-refractivity contribution in [2.75, 3.05) is 25.0 Å². The van der Waals surface area contributed by atoms with E-state index in [0.29, 0.717) is 24.8 Å². The third kappa shape index (κ3) is 3.49. The molecule has 0 radical (unpaired) electrons. The Labute approximate surface area is 143 Å². The van der Waals surface area contributed by atoms with Gasteiger partial charge in [-0.05, 0) is 18.2 Å². The Hall–Kier alpha value is -2.19. The average Bonchev–Trinajstić information content (AvgIpc) is 2.98. The molecule has 7 nitrogen and oxygen atoms in total. The topological polar surface area (TPSA) is 97.6 Å². The fraction of sp³-hybridized carbons (Fsp3) is 0.438. The number of primary amides is 1. The third-order valence-corrected chi connectivity index (χ3v) is 5.14. The van der Waals surface area contributed by atoms with E-state index in [2.05, 4.69) is 24.1 Å². The molecule has 1 aromatic carbocycles. The number of benzene rings is 1. The van der Waals surface area contributed by atoms with Crippen LogP contribution in [0.5, 0.6) is 0 Å². The van der Waals surface area contributed by atoms with E-state index in [1.54, 1.807) is 11.3 Å². The van der Waals surface area contributed by atoms with Gasteiger partial charge in [0.15, 0.2) is 6.10 Å². The SMILES string of the molecule is CC(C)c1nc2ccc(NC(=O)N3CCO[C@H](C(N)=O)C3)cc2s1. The summed E-state index contributed by atoms with van der Waals surface area (Å²) in [6, 6.07) is 5.38. The number of anilines is 1. The van der Waals surface area contributed by atoms with Crippen molar-refractivity contribution >= 4 is 39.2 Å². The van der Waals surface area contributed by atoms with Gasteiger partial charge in [-0.2, -0.15) is 0 Å². The van der Waals surface area contributed by atoms with Crippen LogP contribution in [0.4, 0.5) is 10.5 Å². The van der Waals surface area contributed by atoms with Crippen LogP contribution in [0, 0.1) is 0 Å². The first-order valence-corrected chi connectivity index (χ1v) is 8.63. The lowest BCUT2D eigenvalue weighted by Crippen LogP contribution is -2.51. The van der Waals surface area contributed by atoms with E-state index in [9.17, 15) is 9.59 Å². The largest absolute Gasteiger partial charge is 0.367 e. The number of morpholine rings is 1. The van der Waals surface area contributed by atoms with Gasteiger partial charge in [-0.15, -0.1) is 11.3 Å². The summed E-state index contributed by atoms with van der Waals surface area (Å²) in [6.07, 6.45) is -0.748. The van der Waals surface area contributed by atoms with Gasteiger partial charge in [-0.3, -0.25) is 4.79 Å². The number of nitrogens with one attached hydrogen (secondary N) is 1. The molecule has 0 unspecified atom stereocenters. The number of urea groups is 1.